The van der Waals surface area contributed by atoms with E-state index in [2.05, 4.69) is 10.8 Å². The number of carbonyl (C=O) groups excluding carboxylic acids is 2. The van der Waals surface area contributed by atoms with E-state index >= 15 is 0 Å². The molecule has 0 radical (unpaired) electrons. The lowest BCUT2D eigenvalue weighted by Crippen LogP contribution is -2.40. The molecule has 1 rings (SSSR count). The van der Waals surface area contributed by atoms with Crippen LogP contribution in [0.5, 0.6) is 0 Å². The summed E-state index contributed by atoms with van der Waals surface area (Å²) >= 11 is 0. The van der Waals surface area contributed by atoms with E-state index in [-0.39, 0.29) is 11.9 Å². The molecule has 0 heterocycles. The molecule has 0 unspecified atom stereocenters. The first kappa shape index (κ1) is 16.7. The fourth-order valence-electron chi connectivity index (χ4n) is 2.42. The first-order valence-corrected chi connectivity index (χ1v) is 7.40. The number of allylic oxidation sites excluding steroid dienone is 2. The molecule has 1 aliphatic rings. The number of ether oxygens (including phenoxy) is 1. The van der Waals surface area contributed by atoms with Crippen LogP contribution in [0.4, 0.5) is 0 Å². The van der Waals surface area contributed by atoms with Gasteiger partial charge in [-0.3, -0.25) is 14.5 Å². The molecule has 114 valence electrons. The maximum Gasteiger partial charge on any atom is 0.306 e. The Kier molecular flexibility index (Phi) is 7.30. The molecule has 5 nitrogen and oxygen atoms in total. The number of nitrogens with zero attached hydrogens (tertiary/aromatic N) is 2. The summed E-state index contributed by atoms with van der Waals surface area (Å²) in [6.45, 7) is 6.38. The third-order valence-electron chi connectivity index (χ3n) is 3.65. The van der Waals surface area contributed by atoms with Crippen LogP contribution >= 0.6 is 0 Å². The van der Waals surface area contributed by atoms with Crippen molar-refractivity contribution < 1.29 is 14.3 Å². The first-order chi connectivity index (χ1) is 9.62. The SMILES string of the molecule is CCN(CCC(=O)OC)CC(=O)N(CC)C1=CCCC1. The van der Waals surface area contributed by atoms with Crippen LogP contribution in [-0.2, 0) is 14.3 Å². The van der Waals surface area contributed by atoms with E-state index in [0.29, 0.717) is 26.1 Å². The summed E-state index contributed by atoms with van der Waals surface area (Å²) in [7, 11) is 1.38. The molecule has 1 amide bonds. The molecule has 0 aromatic carbocycles. The van der Waals surface area contributed by atoms with Gasteiger partial charge in [0.05, 0.1) is 20.1 Å². The number of hydrogen-bond acceptors (Lipinski definition) is 4. The molecule has 0 aliphatic heterocycles. The van der Waals surface area contributed by atoms with E-state index in [1.165, 1.54) is 7.11 Å². The van der Waals surface area contributed by atoms with Crippen LogP contribution in [-0.4, -0.2) is 55.0 Å². The van der Waals surface area contributed by atoms with E-state index in [1.54, 1.807) is 0 Å². The zero-order valence-corrected chi connectivity index (χ0v) is 12.9. The lowest BCUT2D eigenvalue weighted by molar-refractivity contribution is -0.141. The molecule has 0 atom stereocenters. The van der Waals surface area contributed by atoms with Gasteiger partial charge in [0.15, 0.2) is 0 Å². The zero-order chi connectivity index (χ0) is 15.0. The van der Waals surface area contributed by atoms with E-state index in [1.807, 2.05) is 23.6 Å². The van der Waals surface area contributed by atoms with Gasteiger partial charge in [0.2, 0.25) is 5.91 Å². The third-order valence-corrected chi connectivity index (χ3v) is 3.65. The van der Waals surface area contributed by atoms with Gasteiger partial charge in [-0.25, -0.2) is 0 Å². The van der Waals surface area contributed by atoms with Gasteiger partial charge in [0, 0.05) is 18.8 Å². The summed E-state index contributed by atoms with van der Waals surface area (Å²) in [4.78, 5) is 27.4. The van der Waals surface area contributed by atoms with Crippen LogP contribution in [0.25, 0.3) is 0 Å². The zero-order valence-electron chi connectivity index (χ0n) is 12.9. The molecule has 20 heavy (non-hydrogen) atoms. The number of hydrogen-bond donors (Lipinski definition) is 0. The molecule has 5 heteroatoms. The molecule has 0 saturated heterocycles. The van der Waals surface area contributed by atoms with Crippen molar-refractivity contribution in [2.45, 2.75) is 39.5 Å². The van der Waals surface area contributed by atoms with Crippen LogP contribution in [0, 0.1) is 0 Å². The minimum absolute atomic E-state index is 0.118. The van der Waals surface area contributed by atoms with Gasteiger partial charge in [-0.15, -0.1) is 0 Å². The van der Waals surface area contributed by atoms with Crippen molar-refractivity contribution >= 4 is 11.9 Å². The second-order valence-electron chi connectivity index (χ2n) is 4.92. The monoisotopic (exact) mass is 282 g/mol. The molecular weight excluding hydrogens is 256 g/mol. The number of rotatable bonds is 8. The normalized spacial score (nSPS) is 14.3. The minimum Gasteiger partial charge on any atom is -0.469 e. The van der Waals surface area contributed by atoms with Crippen molar-refractivity contribution in [1.82, 2.24) is 9.80 Å². The predicted octanol–water partition coefficient (Wildman–Crippen LogP) is 1.79. The van der Waals surface area contributed by atoms with Gasteiger partial charge < -0.3 is 9.64 Å². The van der Waals surface area contributed by atoms with E-state index in [0.717, 1.165) is 31.5 Å². The standard InChI is InChI=1S/C15H26N2O3/c1-4-16(11-10-15(19)20-3)12-14(18)17(5-2)13-8-6-7-9-13/h8H,4-7,9-12H2,1-3H3. The Morgan fingerprint density at radius 3 is 2.55 bits per heavy atom. The average Bonchev–Trinajstić information content (AvgIpc) is 2.97. The van der Waals surface area contributed by atoms with Crippen LogP contribution in [0.1, 0.15) is 39.5 Å². The lowest BCUT2D eigenvalue weighted by atomic mass is 10.3. The van der Waals surface area contributed by atoms with Crippen molar-refractivity contribution in [2.75, 3.05) is 33.3 Å². The van der Waals surface area contributed by atoms with Gasteiger partial charge >= 0.3 is 5.97 Å². The number of amides is 1. The molecule has 0 spiro atoms. The first-order valence-electron chi connectivity index (χ1n) is 7.40. The Labute approximate surface area is 121 Å². The highest BCUT2D eigenvalue weighted by atomic mass is 16.5. The second kappa shape index (κ2) is 8.74. The molecular formula is C15H26N2O3. The molecule has 0 aromatic heterocycles. The van der Waals surface area contributed by atoms with Crippen molar-refractivity contribution in [2.24, 2.45) is 0 Å². The Hall–Kier alpha value is -1.36. The smallest absolute Gasteiger partial charge is 0.306 e. The largest absolute Gasteiger partial charge is 0.469 e. The lowest BCUT2D eigenvalue weighted by Gasteiger charge is -2.26. The summed E-state index contributed by atoms with van der Waals surface area (Å²) in [6.07, 6.45) is 5.68. The number of likely N-dealkylation sites (N-methyl/N-ethyl adjacent to an activating group) is 2. The van der Waals surface area contributed by atoms with E-state index in [4.69, 9.17) is 0 Å². The van der Waals surface area contributed by atoms with Crippen molar-refractivity contribution in [3.8, 4) is 0 Å². The Morgan fingerprint density at radius 2 is 2.05 bits per heavy atom. The number of methoxy groups -OCH3 is 1. The highest BCUT2D eigenvalue weighted by Crippen LogP contribution is 2.21. The van der Waals surface area contributed by atoms with Crippen molar-refractivity contribution in [3.63, 3.8) is 0 Å². The number of carbonyl (C=O) groups is 2. The molecule has 0 bridgehead atoms. The van der Waals surface area contributed by atoms with Crippen LogP contribution in [0.3, 0.4) is 0 Å². The summed E-state index contributed by atoms with van der Waals surface area (Å²) in [5.74, 6) is -0.117. The highest BCUT2D eigenvalue weighted by molar-refractivity contribution is 5.80. The average molecular weight is 282 g/mol. The minimum atomic E-state index is -0.234. The molecule has 1 aliphatic carbocycles. The highest BCUT2D eigenvalue weighted by Gasteiger charge is 2.20. The van der Waals surface area contributed by atoms with E-state index in [9.17, 15) is 9.59 Å². The summed E-state index contributed by atoms with van der Waals surface area (Å²) < 4.78 is 4.63. The topological polar surface area (TPSA) is 49.9 Å². The fraction of sp³-hybridized carbons (Fsp3) is 0.733. The molecule has 0 N–H and O–H groups in total. The number of esters is 1. The van der Waals surface area contributed by atoms with Crippen molar-refractivity contribution in [3.05, 3.63) is 11.8 Å². The molecule has 0 aromatic rings. The molecule has 0 saturated carbocycles. The Bertz CT molecular complexity index is 366. The van der Waals surface area contributed by atoms with E-state index < -0.39 is 0 Å². The second-order valence-corrected chi connectivity index (χ2v) is 4.92. The van der Waals surface area contributed by atoms with Gasteiger partial charge in [0.25, 0.3) is 0 Å². The third kappa shape index (κ3) is 4.96. The van der Waals surface area contributed by atoms with Crippen molar-refractivity contribution in [1.29, 1.82) is 0 Å². The summed E-state index contributed by atoms with van der Waals surface area (Å²) in [5, 5.41) is 0. The van der Waals surface area contributed by atoms with Crippen LogP contribution in [0.15, 0.2) is 11.8 Å². The van der Waals surface area contributed by atoms with Gasteiger partial charge in [-0.05, 0) is 32.7 Å². The Balaban J connectivity index is 2.50. The summed E-state index contributed by atoms with van der Waals surface area (Å²) in [5.41, 5.74) is 1.15. The summed E-state index contributed by atoms with van der Waals surface area (Å²) in [6, 6.07) is 0. The fourth-order valence-corrected chi connectivity index (χ4v) is 2.42. The van der Waals surface area contributed by atoms with Gasteiger partial charge in [-0.1, -0.05) is 13.0 Å². The predicted molar refractivity (Wildman–Crippen MR) is 78.1 cm³/mol. The van der Waals surface area contributed by atoms with Gasteiger partial charge in [-0.2, -0.15) is 0 Å². The Morgan fingerprint density at radius 1 is 1.30 bits per heavy atom. The van der Waals surface area contributed by atoms with Gasteiger partial charge in [0.1, 0.15) is 0 Å². The van der Waals surface area contributed by atoms with Crippen LogP contribution in [0.2, 0.25) is 0 Å². The quantitative estimate of drug-likeness (QED) is 0.637. The maximum atomic E-state index is 12.4. The molecule has 0 fully saturated rings. The van der Waals surface area contributed by atoms with Crippen LogP contribution < -0.4 is 0 Å². The maximum absolute atomic E-state index is 12.4.